The predicted molar refractivity (Wildman–Crippen MR) is 54.9 cm³/mol. The lowest BCUT2D eigenvalue weighted by Gasteiger charge is -2.08. The monoisotopic (exact) mass is 210 g/mol. The van der Waals surface area contributed by atoms with Gasteiger partial charge in [-0.3, -0.25) is 0 Å². The number of nitrogens with zero attached hydrogens (tertiary/aromatic N) is 3. The number of nitrogens with one attached hydrogen (secondary N) is 2. The first-order chi connectivity index (χ1) is 6.75. The Morgan fingerprint density at radius 1 is 1.64 bits per heavy atom. The molecule has 0 bridgehead atoms. The molecule has 0 spiro atoms. The number of hydrogen-bond acceptors (Lipinski definition) is 6. The fraction of sp³-hybridized carbons (Fsp3) is 0.286. The summed E-state index contributed by atoms with van der Waals surface area (Å²) >= 11 is 1.24. The van der Waals surface area contributed by atoms with Crippen molar-refractivity contribution < 1.29 is 0 Å². The maximum absolute atomic E-state index is 5.40. The van der Waals surface area contributed by atoms with Gasteiger partial charge in [0, 0.05) is 23.9 Å². The summed E-state index contributed by atoms with van der Waals surface area (Å²) in [7, 11) is 0. The fourth-order valence-corrected chi connectivity index (χ4v) is 1.65. The molecule has 6 nitrogen and oxygen atoms in total. The Hall–Kier alpha value is -1.63. The molecule has 0 aromatic carbocycles. The summed E-state index contributed by atoms with van der Waals surface area (Å²) in [4.78, 5) is 11.1. The van der Waals surface area contributed by atoms with Gasteiger partial charge in [-0.15, -0.1) is 0 Å². The molecule has 0 saturated carbocycles. The van der Waals surface area contributed by atoms with E-state index in [1.807, 2.05) is 6.92 Å². The first-order valence-electron chi connectivity index (χ1n) is 4.10. The molecule has 0 aliphatic rings. The molecule has 1 atom stereocenters. The molecule has 2 aromatic rings. The number of aromatic amines is 1. The van der Waals surface area contributed by atoms with Crippen LogP contribution in [0.1, 0.15) is 18.8 Å². The molecule has 0 aliphatic carbocycles. The summed E-state index contributed by atoms with van der Waals surface area (Å²) in [5.41, 5.74) is 5.40. The number of aromatic nitrogens is 4. The van der Waals surface area contributed by atoms with Crippen LogP contribution < -0.4 is 11.1 Å². The van der Waals surface area contributed by atoms with E-state index in [2.05, 4.69) is 24.6 Å². The number of anilines is 2. The minimum absolute atomic E-state index is 0.0670. The zero-order valence-corrected chi connectivity index (χ0v) is 8.38. The molecular weight excluding hydrogens is 200 g/mol. The van der Waals surface area contributed by atoms with Crippen molar-refractivity contribution in [2.24, 2.45) is 0 Å². The van der Waals surface area contributed by atoms with Crippen LogP contribution in [0.3, 0.4) is 0 Å². The minimum atomic E-state index is 0.0670. The lowest BCUT2D eigenvalue weighted by molar-refractivity contribution is 0.808. The molecular formula is C7H10N6S. The number of imidazole rings is 1. The average Bonchev–Trinajstić information content (AvgIpc) is 2.75. The fourth-order valence-electron chi connectivity index (χ4n) is 1.06. The molecule has 0 saturated heterocycles. The van der Waals surface area contributed by atoms with E-state index in [1.54, 1.807) is 12.4 Å². The van der Waals surface area contributed by atoms with E-state index in [4.69, 9.17) is 5.73 Å². The lowest BCUT2D eigenvalue weighted by atomic mass is 10.3. The molecule has 0 aliphatic heterocycles. The highest BCUT2D eigenvalue weighted by atomic mass is 32.1. The second kappa shape index (κ2) is 3.62. The summed E-state index contributed by atoms with van der Waals surface area (Å²) in [5, 5.41) is 3.84. The third kappa shape index (κ3) is 1.82. The van der Waals surface area contributed by atoms with Crippen molar-refractivity contribution in [3.8, 4) is 0 Å². The zero-order valence-electron chi connectivity index (χ0n) is 7.56. The highest BCUT2D eigenvalue weighted by Gasteiger charge is 2.09. The van der Waals surface area contributed by atoms with Crippen molar-refractivity contribution in [2.45, 2.75) is 13.0 Å². The molecule has 14 heavy (non-hydrogen) atoms. The Morgan fingerprint density at radius 3 is 3.07 bits per heavy atom. The number of rotatable bonds is 3. The lowest BCUT2D eigenvalue weighted by Crippen LogP contribution is -2.08. The van der Waals surface area contributed by atoms with Crippen molar-refractivity contribution in [2.75, 3.05) is 11.1 Å². The van der Waals surface area contributed by atoms with Crippen LogP contribution in [-0.4, -0.2) is 19.3 Å². The molecule has 2 rings (SSSR count). The average molecular weight is 210 g/mol. The van der Waals surface area contributed by atoms with Crippen molar-refractivity contribution in [3.05, 3.63) is 18.2 Å². The molecule has 0 radical (unpaired) electrons. The topological polar surface area (TPSA) is 92.5 Å². The van der Waals surface area contributed by atoms with Crippen molar-refractivity contribution >= 4 is 22.6 Å². The SMILES string of the molecule is CC(Nc1nc(N)ns1)c1ncc[nH]1. The van der Waals surface area contributed by atoms with Crippen LogP contribution in [0, 0.1) is 0 Å². The van der Waals surface area contributed by atoms with Crippen molar-refractivity contribution in [1.82, 2.24) is 19.3 Å². The van der Waals surface area contributed by atoms with Gasteiger partial charge in [0.2, 0.25) is 11.1 Å². The van der Waals surface area contributed by atoms with Crippen LogP contribution in [0.4, 0.5) is 11.1 Å². The van der Waals surface area contributed by atoms with Crippen molar-refractivity contribution in [1.29, 1.82) is 0 Å². The van der Waals surface area contributed by atoms with E-state index in [-0.39, 0.29) is 6.04 Å². The highest BCUT2D eigenvalue weighted by molar-refractivity contribution is 7.09. The molecule has 2 heterocycles. The van der Waals surface area contributed by atoms with Gasteiger partial charge in [-0.05, 0) is 6.92 Å². The second-order valence-electron chi connectivity index (χ2n) is 2.80. The molecule has 1 unspecified atom stereocenters. The van der Waals surface area contributed by atoms with Gasteiger partial charge >= 0.3 is 0 Å². The third-order valence-corrected chi connectivity index (χ3v) is 2.37. The van der Waals surface area contributed by atoms with E-state index in [0.29, 0.717) is 11.1 Å². The van der Waals surface area contributed by atoms with E-state index in [9.17, 15) is 0 Å². The summed E-state index contributed by atoms with van der Waals surface area (Å²) in [6.45, 7) is 1.98. The predicted octanol–water partition coefficient (Wildman–Crippen LogP) is 1.02. The van der Waals surface area contributed by atoms with Gasteiger partial charge in [-0.25, -0.2) is 4.98 Å². The van der Waals surface area contributed by atoms with Gasteiger partial charge in [0.15, 0.2) is 0 Å². The first-order valence-corrected chi connectivity index (χ1v) is 4.88. The van der Waals surface area contributed by atoms with E-state index < -0.39 is 0 Å². The number of H-pyrrole nitrogens is 1. The molecule has 4 N–H and O–H groups in total. The van der Waals surface area contributed by atoms with Crippen LogP contribution >= 0.6 is 11.5 Å². The zero-order chi connectivity index (χ0) is 9.97. The maximum atomic E-state index is 5.40. The molecule has 74 valence electrons. The highest BCUT2D eigenvalue weighted by Crippen LogP contribution is 2.18. The Labute approximate surface area is 84.8 Å². The third-order valence-electron chi connectivity index (χ3n) is 1.71. The van der Waals surface area contributed by atoms with Crippen LogP contribution in [-0.2, 0) is 0 Å². The van der Waals surface area contributed by atoms with Gasteiger partial charge in [-0.2, -0.15) is 9.36 Å². The van der Waals surface area contributed by atoms with Gasteiger partial charge in [-0.1, -0.05) is 0 Å². The summed E-state index contributed by atoms with van der Waals surface area (Å²) < 4.78 is 3.87. The van der Waals surface area contributed by atoms with Crippen LogP contribution in [0.15, 0.2) is 12.4 Å². The second-order valence-corrected chi connectivity index (χ2v) is 3.55. The summed E-state index contributed by atoms with van der Waals surface area (Å²) in [6.07, 6.45) is 3.49. The Balaban J connectivity index is 2.05. The maximum Gasteiger partial charge on any atom is 0.233 e. The number of nitrogens with two attached hydrogens (primary N) is 1. The van der Waals surface area contributed by atoms with Crippen LogP contribution in [0.25, 0.3) is 0 Å². The quantitative estimate of drug-likeness (QED) is 0.703. The van der Waals surface area contributed by atoms with Crippen LogP contribution in [0.2, 0.25) is 0 Å². The summed E-state index contributed by atoms with van der Waals surface area (Å²) in [5.74, 6) is 1.16. The van der Waals surface area contributed by atoms with E-state index in [0.717, 1.165) is 5.82 Å². The first kappa shape index (κ1) is 8.95. The standard InChI is InChI=1S/C7H10N6S/c1-4(5-9-2-3-10-5)11-7-12-6(8)13-14-7/h2-4H,1H3,(H,9,10)(H3,8,11,12,13). The molecule has 7 heteroatoms. The molecule has 0 fully saturated rings. The smallest absolute Gasteiger partial charge is 0.233 e. The number of nitrogen functional groups attached to an aromatic ring is 1. The van der Waals surface area contributed by atoms with Crippen molar-refractivity contribution in [3.63, 3.8) is 0 Å². The van der Waals surface area contributed by atoms with E-state index in [1.165, 1.54) is 11.5 Å². The largest absolute Gasteiger partial charge is 0.367 e. The summed E-state index contributed by atoms with van der Waals surface area (Å²) in [6, 6.07) is 0.0670. The Bertz CT molecular complexity index is 394. The minimum Gasteiger partial charge on any atom is -0.367 e. The van der Waals surface area contributed by atoms with Gasteiger partial charge < -0.3 is 16.0 Å². The number of hydrogen-bond donors (Lipinski definition) is 3. The molecule has 0 amide bonds. The van der Waals surface area contributed by atoms with Gasteiger partial charge in [0.05, 0.1) is 6.04 Å². The Kier molecular flexibility index (Phi) is 2.32. The normalized spacial score (nSPS) is 12.6. The Morgan fingerprint density at radius 2 is 2.50 bits per heavy atom. The molecule has 2 aromatic heterocycles. The van der Waals surface area contributed by atoms with Gasteiger partial charge in [0.25, 0.3) is 0 Å². The van der Waals surface area contributed by atoms with E-state index >= 15 is 0 Å². The van der Waals surface area contributed by atoms with Gasteiger partial charge in [0.1, 0.15) is 5.82 Å². The van der Waals surface area contributed by atoms with Crippen LogP contribution in [0.5, 0.6) is 0 Å².